The first-order valence-corrected chi connectivity index (χ1v) is 8.37. The summed E-state index contributed by atoms with van der Waals surface area (Å²) in [5.41, 5.74) is 6.25. The zero-order valence-corrected chi connectivity index (χ0v) is 12.1. The van der Waals surface area contributed by atoms with E-state index < -0.39 is 9.84 Å². The van der Waals surface area contributed by atoms with E-state index in [9.17, 15) is 8.42 Å². The van der Waals surface area contributed by atoms with E-state index in [0.717, 1.165) is 25.9 Å². The lowest BCUT2D eigenvalue weighted by molar-refractivity contribution is 0.220. The monoisotopic (exact) mass is 293 g/mol. The van der Waals surface area contributed by atoms with Gasteiger partial charge in [-0.2, -0.15) is 5.26 Å². The van der Waals surface area contributed by atoms with Crippen LogP contribution >= 0.6 is 0 Å². The van der Waals surface area contributed by atoms with Crippen LogP contribution in [0.3, 0.4) is 0 Å². The first-order chi connectivity index (χ1) is 9.51. The van der Waals surface area contributed by atoms with Gasteiger partial charge in [0.25, 0.3) is 0 Å². The average Bonchev–Trinajstić information content (AvgIpc) is 2.45. The fourth-order valence-electron chi connectivity index (χ4n) is 2.42. The molecule has 108 valence electrons. The van der Waals surface area contributed by atoms with Crippen molar-refractivity contribution >= 4 is 9.84 Å². The summed E-state index contributed by atoms with van der Waals surface area (Å²) in [6, 6.07) is 8.27. The molecule has 2 rings (SSSR count). The molecule has 1 atom stereocenters. The topological polar surface area (TPSA) is 87.2 Å². The molecule has 0 radical (unpaired) electrons. The minimum absolute atomic E-state index is 0.0641. The van der Waals surface area contributed by atoms with Crippen LogP contribution in [0.5, 0.6) is 0 Å². The number of hydrogen-bond acceptors (Lipinski definition) is 5. The van der Waals surface area contributed by atoms with Crippen LogP contribution < -0.4 is 5.73 Å². The summed E-state index contributed by atoms with van der Waals surface area (Å²) in [6.45, 7) is 2.15. The van der Waals surface area contributed by atoms with Crippen molar-refractivity contribution < 1.29 is 8.42 Å². The maximum absolute atomic E-state index is 12.3. The highest BCUT2D eigenvalue weighted by atomic mass is 32.2. The van der Waals surface area contributed by atoms with Crippen molar-refractivity contribution in [3.8, 4) is 6.07 Å². The van der Waals surface area contributed by atoms with E-state index in [0.29, 0.717) is 12.1 Å². The molecule has 20 heavy (non-hydrogen) atoms. The van der Waals surface area contributed by atoms with Crippen molar-refractivity contribution in [2.24, 2.45) is 5.73 Å². The van der Waals surface area contributed by atoms with Gasteiger partial charge in [-0.05, 0) is 37.6 Å². The molecule has 0 aromatic heterocycles. The van der Waals surface area contributed by atoms with Crippen molar-refractivity contribution in [3.63, 3.8) is 0 Å². The smallest absolute Gasteiger partial charge is 0.179 e. The van der Waals surface area contributed by atoms with Gasteiger partial charge in [0.2, 0.25) is 0 Å². The van der Waals surface area contributed by atoms with Crippen molar-refractivity contribution in [2.45, 2.75) is 23.8 Å². The molecule has 2 N–H and O–H groups in total. The third-order valence-electron chi connectivity index (χ3n) is 3.54. The summed E-state index contributed by atoms with van der Waals surface area (Å²) in [4.78, 5) is 2.32. The molecule has 0 spiro atoms. The van der Waals surface area contributed by atoms with Gasteiger partial charge in [-0.3, -0.25) is 0 Å². The first-order valence-electron chi connectivity index (χ1n) is 6.72. The molecule has 1 fully saturated rings. The van der Waals surface area contributed by atoms with E-state index >= 15 is 0 Å². The Hall–Kier alpha value is -1.42. The molecule has 1 saturated heterocycles. The molecule has 1 unspecified atom stereocenters. The van der Waals surface area contributed by atoms with Crippen LogP contribution in [0.25, 0.3) is 0 Å². The Morgan fingerprint density at radius 3 is 2.95 bits per heavy atom. The first kappa shape index (κ1) is 15.0. The molecule has 0 amide bonds. The van der Waals surface area contributed by atoms with E-state index in [-0.39, 0.29) is 16.7 Å². The van der Waals surface area contributed by atoms with Crippen LogP contribution in [-0.2, 0) is 9.84 Å². The van der Waals surface area contributed by atoms with Gasteiger partial charge in [0.1, 0.15) is 0 Å². The second-order valence-corrected chi connectivity index (χ2v) is 7.27. The summed E-state index contributed by atoms with van der Waals surface area (Å²) in [7, 11) is -3.34. The van der Waals surface area contributed by atoms with E-state index in [2.05, 4.69) is 4.90 Å². The number of nitrogens with zero attached hydrogens (tertiary/aromatic N) is 2. The molecule has 5 nitrogen and oxygen atoms in total. The Balaban J connectivity index is 2.02. The molecule has 1 aromatic carbocycles. The Labute approximate surface area is 119 Å². The largest absolute Gasteiger partial charge is 0.327 e. The number of likely N-dealkylation sites (tertiary alicyclic amines) is 1. The van der Waals surface area contributed by atoms with E-state index in [1.54, 1.807) is 12.1 Å². The third kappa shape index (κ3) is 3.79. The lowest BCUT2D eigenvalue weighted by Gasteiger charge is -2.30. The fraction of sp³-hybridized carbons (Fsp3) is 0.500. The molecular weight excluding hydrogens is 274 g/mol. The lowest BCUT2D eigenvalue weighted by atomic mass is 10.1. The number of hydrogen-bond donors (Lipinski definition) is 1. The fourth-order valence-corrected chi connectivity index (χ4v) is 3.75. The zero-order chi connectivity index (χ0) is 14.6. The number of nitriles is 1. The van der Waals surface area contributed by atoms with Gasteiger partial charge in [-0.1, -0.05) is 6.07 Å². The summed E-state index contributed by atoms with van der Waals surface area (Å²) in [6.07, 6.45) is 2.03. The highest BCUT2D eigenvalue weighted by molar-refractivity contribution is 7.91. The molecular formula is C14H19N3O2S. The minimum Gasteiger partial charge on any atom is -0.327 e. The maximum atomic E-state index is 12.3. The summed E-state index contributed by atoms with van der Waals surface area (Å²) >= 11 is 0. The van der Waals surface area contributed by atoms with Crippen LogP contribution in [-0.4, -0.2) is 44.7 Å². The molecule has 0 bridgehead atoms. The maximum Gasteiger partial charge on any atom is 0.179 e. The molecule has 1 aromatic rings. The standard InChI is InChI=1S/C14H19N3O2S/c15-10-12-3-1-5-14(9-12)20(18,19)8-7-17-6-2-4-13(16)11-17/h1,3,5,9,13H,2,4,6-8,11,16H2. The zero-order valence-electron chi connectivity index (χ0n) is 11.3. The van der Waals surface area contributed by atoms with Gasteiger partial charge >= 0.3 is 0 Å². The molecule has 1 aliphatic heterocycles. The third-order valence-corrected chi connectivity index (χ3v) is 5.23. The Morgan fingerprint density at radius 2 is 2.25 bits per heavy atom. The van der Waals surface area contributed by atoms with Crippen molar-refractivity contribution in [3.05, 3.63) is 29.8 Å². The van der Waals surface area contributed by atoms with Gasteiger partial charge < -0.3 is 10.6 Å². The van der Waals surface area contributed by atoms with E-state index in [1.807, 2.05) is 6.07 Å². The Morgan fingerprint density at radius 1 is 1.45 bits per heavy atom. The second kappa shape index (κ2) is 6.35. The van der Waals surface area contributed by atoms with Gasteiger partial charge in [-0.25, -0.2) is 8.42 Å². The van der Waals surface area contributed by atoms with Crippen LogP contribution in [0.4, 0.5) is 0 Å². The van der Waals surface area contributed by atoms with E-state index in [4.69, 9.17) is 11.0 Å². The summed E-state index contributed by atoms with van der Waals surface area (Å²) in [5, 5.41) is 8.82. The highest BCUT2D eigenvalue weighted by Crippen LogP contribution is 2.14. The number of rotatable bonds is 4. The second-order valence-electron chi connectivity index (χ2n) is 5.16. The van der Waals surface area contributed by atoms with Crippen LogP contribution in [0, 0.1) is 11.3 Å². The number of piperidine rings is 1. The predicted octanol–water partition coefficient (Wildman–Crippen LogP) is 0.755. The summed E-state index contributed by atoms with van der Waals surface area (Å²) < 4.78 is 24.5. The van der Waals surface area contributed by atoms with Crippen molar-refractivity contribution in [1.29, 1.82) is 5.26 Å². The highest BCUT2D eigenvalue weighted by Gasteiger charge is 2.20. The van der Waals surface area contributed by atoms with Crippen molar-refractivity contribution in [1.82, 2.24) is 4.90 Å². The average molecular weight is 293 g/mol. The van der Waals surface area contributed by atoms with E-state index in [1.165, 1.54) is 12.1 Å². The van der Waals surface area contributed by atoms with Gasteiger partial charge in [0.05, 0.1) is 22.3 Å². The number of benzene rings is 1. The Bertz CT molecular complexity index is 607. The molecule has 0 aliphatic carbocycles. The van der Waals surface area contributed by atoms with Crippen LogP contribution in [0.2, 0.25) is 0 Å². The quantitative estimate of drug-likeness (QED) is 0.885. The van der Waals surface area contributed by atoms with Gasteiger partial charge in [-0.15, -0.1) is 0 Å². The molecule has 1 aliphatic rings. The SMILES string of the molecule is N#Cc1cccc(S(=O)(=O)CCN2CCCC(N)C2)c1. The molecule has 1 heterocycles. The molecule has 0 saturated carbocycles. The van der Waals surface area contributed by atoms with Crippen LogP contribution in [0.1, 0.15) is 18.4 Å². The lowest BCUT2D eigenvalue weighted by Crippen LogP contribution is -2.44. The van der Waals surface area contributed by atoms with Crippen molar-refractivity contribution in [2.75, 3.05) is 25.4 Å². The van der Waals surface area contributed by atoms with Gasteiger partial charge in [0.15, 0.2) is 9.84 Å². The number of sulfone groups is 1. The Kier molecular flexibility index (Phi) is 4.76. The predicted molar refractivity (Wildman–Crippen MR) is 76.9 cm³/mol. The normalized spacial score (nSPS) is 20.5. The van der Waals surface area contributed by atoms with Crippen LogP contribution in [0.15, 0.2) is 29.2 Å². The summed E-state index contributed by atoms with van der Waals surface area (Å²) in [5.74, 6) is 0.0641. The molecule has 6 heteroatoms. The van der Waals surface area contributed by atoms with Gasteiger partial charge in [0, 0.05) is 19.1 Å². The minimum atomic E-state index is -3.34. The number of nitrogens with two attached hydrogens (primary N) is 1.